The Bertz CT molecular complexity index is 1210. The maximum atomic E-state index is 14.2. The van der Waals surface area contributed by atoms with Gasteiger partial charge in [-0.3, -0.25) is 4.79 Å². The van der Waals surface area contributed by atoms with Gasteiger partial charge in [-0.2, -0.15) is 0 Å². The second-order valence-electron chi connectivity index (χ2n) is 7.47. The molecule has 0 saturated heterocycles. The van der Waals surface area contributed by atoms with E-state index in [2.05, 4.69) is 10.3 Å². The lowest BCUT2D eigenvalue weighted by molar-refractivity contribution is -0.122. The molecule has 0 aliphatic heterocycles. The lowest BCUT2D eigenvalue weighted by atomic mass is 10.1. The fourth-order valence-corrected chi connectivity index (χ4v) is 3.66. The molecule has 10 nitrogen and oxygen atoms in total. The average Bonchev–Trinajstić information content (AvgIpc) is 3.08. The van der Waals surface area contributed by atoms with E-state index in [0.717, 1.165) is 0 Å². The number of carbonyl (C=O) groups is 1. The predicted molar refractivity (Wildman–Crippen MR) is 129 cm³/mol. The Hall–Kier alpha value is -2.94. The van der Waals surface area contributed by atoms with Gasteiger partial charge in [-0.1, -0.05) is 0 Å². The number of aromatic amines is 1. The Kier molecular flexibility index (Phi) is 8.30. The first-order chi connectivity index (χ1) is 16.1. The highest BCUT2D eigenvalue weighted by Crippen LogP contribution is 2.31. The van der Waals surface area contributed by atoms with Crippen LogP contribution in [0.5, 0.6) is 11.6 Å². The number of aliphatic hydroxyl groups excluding tert-OH is 3. The molecule has 2 aromatic carbocycles. The van der Waals surface area contributed by atoms with Crippen molar-refractivity contribution in [2.24, 2.45) is 0 Å². The van der Waals surface area contributed by atoms with Crippen LogP contribution in [0.4, 0.5) is 10.1 Å². The first kappa shape index (κ1) is 25.7. The molecule has 6 N–H and O–H groups in total. The maximum Gasteiger partial charge on any atom is 0.329 e. The van der Waals surface area contributed by atoms with Crippen LogP contribution in [0.1, 0.15) is 13.0 Å². The smallest absolute Gasteiger partial charge is 0.329 e. The summed E-state index contributed by atoms with van der Waals surface area (Å²) in [7, 11) is 0. The van der Waals surface area contributed by atoms with Crippen molar-refractivity contribution in [3.63, 3.8) is 0 Å². The SMILES string of the molecule is C[C@@H](O)[C@@H](C(=O)Nc1ccc(I)cc1F)n1c(O)c(-c2ccc(OC[C@H](O)CO)cc2)[nH]c1=O. The minimum absolute atomic E-state index is 0.00848. The summed E-state index contributed by atoms with van der Waals surface area (Å²) in [6.45, 7) is 0.690. The fraction of sp³-hybridized carbons (Fsp3) is 0.273. The zero-order valence-electron chi connectivity index (χ0n) is 17.9. The number of halogens is 2. The highest BCUT2D eigenvalue weighted by Gasteiger charge is 2.32. The number of aliphatic hydroxyl groups is 3. The molecule has 0 spiro atoms. The minimum atomic E-state index is -1.56. The van der Waals surface area contributed by atoms with Crippen LogP contribution in [0.15, 0.2) is 47.3 Å². The molecule has 0 unspecified atom stereocenters. The molecule has 0 aliphatic carbocycles. The van der Waals surface area contributed by atoms with Crippen LogP contribution < -0.4 is 15.7 Å². The van der Waals surface area contributed by atoms with Crippen LogP contribution in [0.3, 0.4) is 0 Å². The van der Waals surface area contributed by atoms with Gasteiger partial charge in [0.1, 0.15) is 36.0 Å². The van der Waals surface area contributed by atoms with Crippen molar-refractivity contribution in [2.75, 3.05) is 18.5 Å². The van der Waals surface area contributed by atoms with Gasteiger partial charge >= 0.3 is 5.69 Å². The average molecular weight is 587 g/mol. The zero-order valence-corrected chi connectivity index (χ0v) is 20.1. The van der Waals surface area contributed by atoms with Crippen LogP contribution in [-0.4, -0.2) is 61.3 Å². The molecule has 0 aliphatic rings. The second-order valence-corrected chi connectivity index (χ2v) is 8.72. The third-order valence-corrected chi connectivity index (χ3v) is 5.56. The highest BCUT2D eigenvalue weighted by molar-refractivity contribution is 14.1. The number of benzene rings is 2. The number of rotatable bonds is 9. The van der Waals surface area contributed by atoms with Gasteiger partial charge in [0.25, 0.3) is 5.91 Å². The number of anilines is 1. The molecule has 34 heavy (non-hydrogen) atoms. The third kappa shape index (κ3) is 5.75. The summed E-state index contributed by atoms with van der Waals surface area (Å²) in [5.74, 6) is -1.81. The molecule has 1 heterocycles. The number of hydrogen-bond acceptors (Lipinski definition) is 7. The van der Waals surface area contributed by atoms with Crippen LogP contribution in [0.25, 0.3) is 11.3 Å². The van der Waals surface area contributed by atoms with Crippen molar-refractivity contribution in [2.45, 2.75) is 25.2 Å². The fourth-order valence-electron chi connectivity index (χ4n) is 3.21. The summed E-state index contributed by atoms with van der Waals surface area (Å²) in [6.07, 6.45) is -2.45. The molecular weight excluding hydrogens is 564 g/mol. The van der Waals surface area contributed by atoms with E-state index in [1.165, 1.54) is 43.3 Å². The Morgan fingerprint density at radius 3 is 2.50 bits per heavy atom. The van der Waals surface area contributed by atoms with Crippen molar-refractivity contribution >= 4 is 34.2 Å². The van der Waals surface area contributed by atoms with Crippen LogP contribution in [0.2, 0.25) is 0 Å². The van der Waals surface area contributed by atoms with Crippen molar-refractivity contribution < 1.29 is 34.3 Å². The molecule has 1 amide bonds. The standard InChI is InChI=1S/C22H23FIN3O7/c1-11(29)19(20(31)25-17-7-4-13(24)8-16(17)23)27-21(32)18(26-22(27)33)12-2-5-15(6-3-12)34-10-14(30)9-28/h2-8,11,14,19,28-30,32H,9-10H2,1H3,(H,25,31)(H,26,33)/t11-,14-,19+/m1/s1. The quantitative estimate of drug-likeness (QED) is 0.208. The monoisotopic (exact) mass is 587 g/mol. The molecule has 0 fully saturated rings. The summed E-state index contributed by atoms with van der Waals surface area (Å²) in [5.41, 5.74) is -0.632. The predicted octanol–water partition coefficient (Wildman–Crippen LogP) is 1.59. The molecule has 182 valence electrons. The number of H-pyrrole nitrogens is 1. The summed E-state index contributed by atoms with van der Waals surface area (Å²) in [5, 5.41) is 41.5. The van der Waals surface area contributed by atoms with E-state index in [0.29, 0.717) is 19.5 Å². The normalized spacial score (nSPS) is 13.8. The first-order valence-corrected chi connectivity index (χ1v) is 11.2. The largest absolute Gasteiger partial charge is 0.493 e. The molecule has 0 saturated carbocycles. The number of nitrogens with one attached hydrogen (secondary N) is 2. The van der Waals surface area contributed by atoms with Crippen LogP contribution in [-0.2, 0) is 4.79 Å². The number of ether oxygens (including phenoxy) is 1. The van der Waals surface area contributed by atoms with Gasteiger partial charge in [0.05, 0.1) is 18.4 Å². The summed E-state index contributed by atoms with van der Waals surface area (Å²) in [4.78, 5) is 27.9. The van der Waals surface area contributed by atoms with Crippen molar-refractivity contribution in [1.82, 2.24) is 9.55 Å². The Morgan fingerprint density at radius 2 is 1.91 bits per heavy atom. The maximum absolute atomic E-state index is 14.2. The lowest BCUT2D eigenvalue weighted by Gasteiger charge is -2.21. The van der Waals surface area contributed by atoms with E-state index in [-0.39, 0.29) is 18.0 Å². The number of amides is 1. The molecule has 3 rings (SSSR count). The third-order valence-electron chi connectivity index (χ3n) is 4.89. The Morgan fingerprint density at radius 1 is 1.24 bits per heavy atom. The van der Waals surface area contributed by atoms with Crippen molar-refractivity contribution in [1.29, 1.82) is 0 Å². The van der Waals surface area contributed by atoms with Crippen LogP contribution >= 0.6 is 22.6 Å². The van der Waals surface area contributed by atoms with Gasteiger partial charge in [-0.25, -0.2) is 13.8 Å². The highest BCUT2D eigenvalue weighted by atomic mass is 127. The number of aromatic nitrogens is 2. The molecule has 12 heteroatoms. The van der Waals surface area contributed by atoms with E-state index in [4.69, 9.17) is 9.84 Å². The van der Waals surface area contributed by atoms with Gasteiger partial charge in [-0.05, 0) is 72.0 Å². The van der Waals surface area contributed by atoms with Gasteiger partial charge in [0, 0.05) is 9.13 Å². The van der Waals surface area contributed by atoms with E-state index >= 15 is 0 Å². The lowest BCUT2D eigenvalue weighted by Crippen LogP contribution is -2.38. The van der Waals surface area contributed by atoms with E-state index in [9.17, 15) is 29.3 Å². The Balaban J connectivity index is 1.88. The van der Waals surface area contributed by atoms with Crippen molar-refractivity contribution in [3.8, 4) is 22.9 Å². The number of imidazole rings is 1. The van der Waals surface area contributed by atoms with Gasteiger partial charge in [0.15, 0.2) is 0 Å². The van der Waals surface area contributed by atoms with E-state index in [1.54, 1.807) is 6.07 Å². The number of aromatic hydroxyl groups is 1. The molecule has 3 aromatic rings. The van der Waals surface area contributed by atoms with Crippen molar-refractivity contribution in [3.05, 3.63) is 62.3 Å². The molecule has 0 radical (unpaired) electrons. The molecular formula is C22H23FIN3O7. The van der Waals surface area contributed by atoms with Gasteiger partial charge < -0.3 is 35.5 Å². The van der Waals surface area contributed by atoms with Gasteiger partial charge in [0.2, 0.25) is 5.88 Å². The first-order valence-electron chi connectivity index (χ1n) is 10.1. The summed E-state index contributed by atoms with van der Waals surface area (Å²) >= 11 is 1.91. The summed E-state index contributed by atoms with van der Waals surface area (Å²) in [6, 6.07) is 8.67. The topological polar surface area (TPSA) is 157 Å². The number of nitrogens with zero attached hydrogens (tertiary/aromatic N) is 1. The zero-order chi connectivity index (χ0) is 25.0. The molecule has 3 atom stereocenters. The molecule has 0 bridgehead atoms. The molecule has 1 aromatic heterocycles. The second kappa shape index (κ2) is 11.0. The number of hydrogen-bond donors (Lipinski definition) is 6. The van der Waals surface area contributed by atoms with E-state index in [1.807, 2.05) is 22.6 Å². The summed E-state index contributed by atoms with van der Waals surface area (Å²) < 4.78 is 20.8. The Labute approximate surface area is 206 Å². The number of carbonyl (C=O) groups excluding carboxylic acids is 1. The minimum Gasteiger partial charge on any atom is -0.493 e. The van der Waals surface area contributed by atoms with Crippen LogP contribution in [0, 0.1) is 9.39 Å². The van der Waals surface area contributed by atoms with Gasteiger partial charge in [-0.15, -0.1) is 0 Å². The van der Waals surface area contributed by atoms with E-state index < -0.39 is 48.2 Å².